The van der Waals surface area contributed by atoms with Gasteiger partial charge in [-0.2, -0.15) is 0 Å². The standard InChI is InChI=1S/C22H31N3O3S2/c1-13(2)14(3)23-18(26)12-29-22-24-20-19(16-8-4-5-9-17(16)30-20)21(27)25(22)11-15-7-6-10-28-15/h13-15H,4-12H2,1-3H3,(H,23,26). The van der Waals surface area contributed by atoms with E-state index in [0.717, 1.165) is 48.9 Å². The van der Waals surface area contributed by atoms with Crippen molar-refractivity contribution in [1.82, 2.24) is 14.9 Å². The normalized spacial score (nSPS) is 19.9. The summed E-state index contributed by atoms with van der Waals surface area (Å²) in [5, 5.41) is 4.47. The molecule has 30 heavy (non-hydrogen) atoms. The lowest BCUT2D eigenvalue weighted by Gasteiger charge is -2.18. The van der Waals surface area contributed by atoms with Crippen LogP contribution in [0.3, 0.4) is 0 Å². The van der Waals surface area contributed by atoms with Gasteiger partial charge in [0.05, 0.1) is 23.8 Å². The molecule has 1 N–H and O–H groups in total. The zero-order valence-corrected chi connectivity index (χ0v) is 19.7. The van der Waals surface area contributed by atoms with Crippen molar-refractivity contribution in [2.45, 2.75) is 83.1 Å². The lowest BCUT2D eigenvalue weighted by atomic mass is 9.97. The topological polar surface area (TPSA) is 73.2 Å². The van der Waals surface area contributed by atoms with Crippen molar-refractivity contribution in [1.29, 1.82) is 0 Å². The minimum atomic E-state index is -0.0234. The second-order valence-corrected chi connectivity index (χ2v) is 10.8. The average Bonchev–Trinajstić information content (AvgIpc) is 3.35. The molecular formula is C22H31N3O3S2. The number of aromatic nitrogens is 2. The summed E-state index contributed by atoms with van der Waals surface area (Å²) in [4.78, 5) is 33.0. The zero-order valence-electron chi connectivity index (χ0n) is 18.0. The van der Waals surface area contributed by atoms with Gasteiger partial charge in [0, 0.05) is 17.5 Å². The van der Waals surface area contributed by atoms with Gasteiger partial charge in [-0.15, -0.1) is 11.3 Å². The lowest BCUT2D eigenvalue weighted by molar-refractivity contribution is -0.119. The average molecular weight is 450 g/mol. The Morgan fingerprint density at radius 3 is 2.83 bits per heavy atom. The third-order valence-electron chi connectivity index (χ3n) is 6.17. The lowest BCUT2D eigenvalue weighted by Crippen LogP contribution is -2.37. The number of nitrogens with zero attached hydrogens (tertiary/aromatic N) is 2. The van der Waals surface area contributed by atoms with Crippen LogP contribution in [0, 0.1) is 5.92 Å². The van der Waals surface area contributed by atoms with Gasteiger partial charge in [-0.05, 0) is 56.9 Å². The van der Waals surface area contributed by atoms with Crippen molar-refractivity contribution in [3.05, 3.63) is 20.8 Å². The summed E-state index contributed by atoms with van der Waals surface area (Å²) in [5.41, 5.74) is 1.24. The van der Waals surface area contributed by atoms with E-state index in [9.17, 15) is 9.59 Å². The number of aryl methyl sites for hydroxylation is 2. The monoisotopic (exact) mass is 449 g/mol. The molecule has 0 aromatic carbocycles. The van der Waals surface area contributed by atoms with E-state index in [1.165, 1.54) is 28.6 Å². The third-order valence-corrected chi connectivity index (χ3v) is 8.33. The molecule has 2 aliphatic rings. The quantitative estimate of drug-likeness (QED) is 0.515. The molecule has 3 heterocycles. The number of carbonyl (C=O) groups is 1. The van der Waals surface area contributed by atoms with E-state index >= 15 is 0 Å². The predicted molar refractivity (Wildman–Crippen MR) is 123 cm³/mol. The molecule has 1 fully saturated rings. The Morgan fingerprint density at radius 2 is 2.10 bits per heavy atom. The number of fused-ring (bicyclic) bond motifs is 3. The second-order valence-electron chi connectivity index (χ2n) is 8.73. The Balaban J connectivity index is 1.64. The number of thiophene rings is 1. The highest BCUT2D eigenvalue weighted by Gasteiger charge is 2.25. The van der Waals surface area contributed by atoms with E-state index in [-0.39, 0.29) is 29.4 Å². The summed E-state index contributed by atoms with van der Waals surface area (Å²) < 4.78 is 7.57. The van der Waals surface area contributed by atoms with Crippen LogP contribution in [0.5, 0.6) is 0 Å². The summed E-state index contributed by atoms with van der Waals surface area (Å²) >= 11 is 3.02. The van der Waals surface area contributed by atoms with Gasteiger partial charge in [0.2, 0.25) is 5.91 Å². The van der Waals surface area contributed by atoms with E-state index in [1.54, 1.807) is 15.9 Å². The highest BCUT2D eigenvalue weighted by molar-refractivity contribution is 7.99. The van der Waals surface area contributed by atoms with Gasteiger partial charge < -0.3 is 10.1 Å². The van der Waals surface area contributed by atoms with Crippen molar-refractivity contribution in [2.24, 2.45) is 5.92 Å². The number of thioether (sulfide) groups is 1. The molecular weight excluding hydrogens is 418 g/mol. The number of hydrogen-bond acceptors (Lipinski definition) is 6. The summed E-state index contributed by atoms with van der Waals surface area (Å²) in [5.74, 6) is 0.610. The smallest absolute Gasteiger partial charge is 0.263 e. The molecule has 1 amide bonds. The third kappa shape index (κ3) is 4.60. The van der Waals surface area contributed by atoms with E-state index in [1.807, 2.05) is 6.92 Å². The van der Waals surface area contributed by atoms with Crippen LogP contribution in [0.25, 0.3) is 10.2 Å². The fraction of sp³-hybridized carbons (Fsp3) is 0.682. The van der Waals surface area contributed by atoms with E-state index < -0.39 is 0 Å². The van der Waals surface area contributed by atoms with Crippen molar-refractivity contribution >= 4 is 39.2 Å². The van der Waals surface area contributed by atoms with E-state index in [4.69, 9.17) is 9.72 Å². The molecule has 1 aliphatic carbocycles. The van der Waals surface area contributed by atoms with Crippen LogP contribution in [0.2, 0.25) is 0 Å². The first kappa shape index (κ1) is 21.8. The first-order chi connectivity index (χ1) is 14.4. The van der Waals surface area contributed by atoms with Crippen LogP contribution in [0.4, 0.5) is 0 Å². The number of hydrogen-bond donors (Lipinski definition) is 1. The molecule has 2 unspecified atom stereocenters. The molecule has 1 saturated heterocycles. The molecule has 2 aromatic rings. The maximum atomic E-state index is 13.5. The largest absolute Gasteiger partial charge is 0.376 e. The molecule has 8 heteroatoms. The Bertz CT molecular complexity index is 976. The van der Waals surface area contributed by atoms with Gasteiger partial charge in [-0.3, -0.25) is 14.2 Å². The number of carbonyl (C=O) groups excluding carboxylic acids is 1. The molecule has 0 saturated carbocycles. The maximum Gasteiger partial charge on any atom is 0.263 e. The molecule has 2 aromatic heterocycles. The summed E-state index contributed by atoms with van der Waals surface area (Å²) in [6, 6.07) is 0.117. The van der Waals surface area contributed by atoms with Gasteiger partial charge in [0.15, 0.2) is 5.16 Å². The fourth-order valence-electron chi connectivity index (χ4n) is 4.08. The predicted octanol–water partition coefficient (Wildman–Crippen LogP) is 3.77. The summed E-state index contributed by atoms with van der Waals surface area (Å²) in [6.45, 7) is 7.46. The van der Waals surface area contributed by atoms with E-state index in [0.29, 0.717) is 17.6 Å². The van der Waals surface area contributed by atoms with Crippen LogP contribution >= 0.6 is 23.1 Å². The highest BCUT2D eigenvalue weighted by Crippen LogP contribution is 2.35. The molecule has 0 radical (unpaired) electrons. The molecule has 0 bridgehead atoms. The van der Waals surface area contributed by atoms with Gasteiger partial charge in [-0.1, -0.05) is 25.6 Å². The molecule has 4 rings (SSSR count). The molecule has 6 nitrogen and oxygen atoms in total. The number of rotatable bonds is 7. The number of amides is 1. The second kappa shape index (κ2) is 9.40. The fourth-order valence-corrected chi connectivity index (χ4v) is 6.20. The molecule has 164 valence electrons. The minimum Gasteiger partial charge on any atom is -0.376 e. The van der Waals surface area contributed by atoms with Gasteiger partial charge in [0.25, 0.3) is 5.56 Å². The van der Waals surface area contributed by atoms with Crippen LogP contribution in [-0.2, 0) is 28.9 Å². The minimum absolute atomic E-state index is 0.0234. The van der Waals surface area contributed by atoms with Crippen LogP contribution in [0.1, 0.15) is 56.9 Å². The summed E-state index contributed by atoms with van der Waals surface area (Å²) in [6.07, 6.45) is 6.36. The van der Waals surface area contributed by atoms with Crippen molar-refractivity contribution in [3.63, 3.8) is 0 Å². The van der Waals surface area contributed by atoms with Gasteiger partial charge in [0.1, 0.15) is 4.83 Å². The van der Waals surface area contributed by atoms with Crippen LogP contribution < -0.4 is 10.9 Å². The van der Waals surface area contributed by atoms with Crippen molar-refractivity contribution in [3.8, 4) is 0 Å². The molecule has 2 atom stereocenters. The van der Waals surface area contributed by atoms with E-state index in [2.05, 4.69) is 19.2 Å². The Labute approximate surface area is 185 Å². The Morgan fingerprint density at radius 1 is 1.30 bits per heavy atom. The number of ether oxygens (including phenoxy) is 1. The van der Waals surface area contributed by atoms with Crippen molar-refractivity contribution < 1.29 is 9.53 Å². The first-order valence-corrected chi connectivity index (χ1v) is 12.8. The van der Waals surface area contributed by atoms with Crippen LogP contribution in [-0.4, -0.2) is 40.0 Å². The maximum absolute atomic E-state index is 13.5. The number of nitrogens with one attached hydrogen (secondary N) is 1. The SMILES string of the molecule is CC(C)C(C)NC(=O)CSc1nc2sc3c(c2c(=O)n1CC1CCCO1)CCCC3. The Kier molecular flexibility index (Phi) is 6.85. The van der Waals surface area contributed by atoms with Crippen LogP contribution in [0.15, 0.2) is 9.95 Å². The Hall–Kier alpha value is -1.38. The zero-order chi connectivity index (χ0) is 21.3. The van der Waals surface area contributed by atoms with Gasteiger partial charge >= 0.3 is 0 Å². The summed E-state index contributed by atoms with van der Waals surface area (Å²) in [7, 11) is 0. The first-order valence-electron chi connectivity index (χ1n) is 11.0. The highest BCUT2D eigenvalue weighted by atomic mass is 32.2. The molecule has 0 spiro atoms. The molecule has 1 aliphatic heterocycles. The van der Waals surface area contributed by atoms with Crippen molar-refractivity contribution in [2.75, 3.05) is 12.4 Å². The van der Waals surface area contributed by atoms with Gasteiger partial charge in [-0.25, -0.2) is 4.98 Å².